The van der Waals surface area contributed by atoms with Crippen molar-refractivity contribution < 1.29 is 14.3 Å². The molecule has 0 atom stereocenters. The first-order chi connectivity index (χ1) is 11.2. The van der Waals surface area contributed by atoms with Crippen molar-refractivity contribution >= 4 is 23.6 Å². The number of nitrogens with one attached hydrogen (secondary N) is 1. The summed E-state index contributed by atoms with van der Waals surface area (Å²) < 4.78 is 4.91. The molecule has 1 saturated heterocycles. The van der Waals surface area contributed by atoms with Crippen molar-refractivity contribution in [3.05, 3.63) is 0 Å². The highest BCUT2D eigenvalue weighted by Gasteiger charge is 2.24. The quantitative estimate of drug-likeness (QED) is 0.752. The van der Waals surface area contributed by atoms with Crippen molar-refractivity contribution in [3.8, 4) is 0 Å². The first kappa shape index (κ1) is 18.4. The topological polar surface area (TPSA) is 58.6 Å². The lowest BCUT2D eigenvalue weighted by molar-refractivity contribution is -0.132. The van der Waals surface area contributed by atoms with Gasteiger partial charge in [-0.25, -0.2) is 4.79 Å². The molecule has 0 aromatic rings. The average molecular weight is 345 g/mol. The van der Waals surface area contributed by atoms with Gasteiger partial charge in [0.2, 0.25) is 5.91 Å². The molecular formula is C17H29ClN2O3. The van der Waals surface area contributed by atoms with E-state index in [1.807, 2.05) is 4.90 Å². The van der Waals surface area contributed by atoms with Crippen LogP contribution in [-0.4, -0.2) is 48.5 Å². The molecule has 2 aliphatic rings. The maximum Gasteiger partial charge on any atom is 0.407 e. The standard InChI is InChI=1S/C17H29ClN2O3/c18-10-13-23-17(22)19-15-8-11-20(12-9-15)16(21)7-6-14-4-2-1-3-5-14/h14-15H,1-13H2,(H,19,22). The molecular weight excluding hydrogens is 316 g/mol. The van der Waals surface area contributed by atoms with E-state index in [1.54, 1.807) is 0 Å². The Balaban J connectivity index is 1.61. The lowest BCUT2D eigenvalue weighted by atomic mass is 9.86. The third kappa shape index (κ3) is 6.58. The number of alkyl carbamates (subject to hydrolysis) is 1. The summed E-state index contributed by atoms with van der Waals surface area (Å²) in [7, 11) is 0. The predicted octanol–water partition coefficient (Wildman–Crippen LogP) is 3.30. The van der Waals surface area contributed by atoms with Crippen molar-refractivity contribution in [3.63, 3.8) is 0 Å². The van der Waals surface area contributed by atoms with E-state index in [4.69, 9.17) is 16.3 Å². The average Bonchev–Trinajstić information content (AvgIpc) is 2.59. The number of alkyl halides is 1. The Bertz CT molecular complexity index is 378. The van der Waals surface area contributed by atoms with Crippen LogP contribution in [0.25, 0.3) is 0 Å². The Morgan fingerprint density at radius 1 is 1.09 bits per heavy atom. The molecule has 0 aromatic carbocycles. The number of carbonyl (C=O) groups excluding carboxylic acids is 2. The number of piperidine rings is 1. The zero-order valence-corrected chi connectivity index (χ0v) is 14.7. The van der Waals surface area contributed by atoms with E-state index in [0.29, 0.717) is 12.3 Å². The van der Waals surface area contributed by atoms with Gasteiger partial charge in [-0.2, -0.15) is 0 Å². The fraction of sp³-hybridized carbons (Fsp3) is 0.882. The van der Waals surface area contributed by atoms with Gasteiger partial charge in [0.1, 0.15) is 6.61 Å². The maximum atomic E-state index is 12.3. The van der Waals surface area contributed by atoms with Gasteiger partial charge in [-0.3, -0.25) is 4.79 Å². The smallest absolute Gasteiger partial charge is 0.407 e. The number of ether oxygens (including phenoxy) is 1. The molecule has 23 heavy (non-hydrogen) atoms. The fourth-order valence-electron chi connectivity index (χ4n) is 3.57. The zero-order valence-electron chi connectivity index (χ0n) is 13.9. The van der Waals surface area contributed by atoms with Crippen LogP contribution >= 0.6 is 11.6 Å². The Morgan fingerprint density at radius 3 is 2.43 bits per heavy atom. The molecule has 0 spiro atoms. The molecule has 2 amide bonds. The van der Waals surface area contributed by atoms with Crippen LogP contribution in [0.3, 0.4) is 0 Å². The highest BCUT2D eigenvalue weighted by atomic mass is 35.5. The van der Waals surface area contributed by atoms with Crippen LogP contribution in [0.1, 0.15) is 57.8 Å². The van der Waals surface area contributed by atoms with Crippen LogP contribution in [0, 0.1) is 5.92 Å². The second kappa shape index (κ2) is 10.0. The summed E-state index contributed by atoms with van der Waals surface area (Å²) in [5.74, 6) is 1.34. The molecule has 1 aliphatic heterocycles. The monoisotopic (exact) mass is 344 g/mol. The van der Waals surface area contributed by atoms with Crippen LogP contribution in [0.15, 0.2) is 0 Å². The van der Waals surface area contributed by atoms with Gasteiger partial charge in [-0.15, -0.1) is 11.6 Å². The van der Waals surface area contributed by atoms with Gasteiger partial charge in [0.05, 0.1) is 5.88 Å². The number of amides is 2. The summed E-state index contributed by atoms with van der Waals surface area (Å²) in [5.41, 5.74) is 0. The van der Waals surface area contributed by atoms with Crippen LogP contribution < -0.4 is 5.32 Å². The highest BCUT2D eigenvalue weighted by molar-refractivity contribution is 6.18. The third-order valence-electron chi connectivity index (χ3n) is 4.97. The zero-order chi connectivity index (χ0) is 16.5. The fourth-order valence-corrected chi connectivity index (χ4v) is 3.65. The molecule has 0 bridgehead atoms. The SMILES string of the molecule is O=C(NC1CCN(C(=O)CCC2CCCCC2)CC1)OCCCl. The lowest BCUT2D eigenvalue weighted by Crippen LogP contribution is -2.46. The summed E-state index contributed by atoms with van der Waals surface area (Å²) in [5, 5.41) is 2.84. The first-order valence-electron chi connectivity index (χ1n) is 8.96. The molecule has 132 valence electrons. The number of hydrogen-bond donors (Lipinski definition) is 1. The summed E-state index contributed by atoms with van der Waals surface area (Å²) in [4.78, 5) is 25.8. The second-order valence-electron chi connectivity index (χ2n) is 6.67. The molecule has 0 radical (unpaired) electrons. The summed E-state index contributed by atoms with van der Waals surface area (Å²) in [6, 6.07) is 0.0974. The molecule has 1 saturated carbocycles. The van der Waals surface area contributed by atoms with E-state index < -0.39 is 6.09 Å². The van der Waals surface area contributed by atoms with Gasteiger partial charge < -0.3 is 15.0 Å². The summed E-state index contributed by atoms with van der Waals surface area (Å²) >= 11 is 5.48. The number of carbonyl (C=O) groups is 2. The van der Waals surface area contributed by atoms with Crippen molar-refractivity contribution in [2.45, 2.75) is 63.8 Å². The molecule has 2 fully saturated rings. The molecule has 1 heterocycles. The van der Waals surface area contributed by atoms with Crippen LogP contribution in [0.5, 0.6) is 0 Å². The van der Waals surface area contributed by atoms with E-state index in [2.05, 4.69) is 5.32 Å². The minimum absolute atomic E-state index is 0.0974. The first-order valence-corrected chi connectivity index (χ1v) is 9.49. The Hall–Kier alpha value is -0.970. The Morgan fingerprint density at radius 2 is 1.78 bits per heavy atom. The molecule has 2 rings (SSSR count). The van der Waals surface area contributed by atoms with Gasteiger partial charge >= 0.3 is 6.09 Å². The number of halogens is 1. The van der Waals surface area contributed by atoms with Gasteiger partial charge in [-0.1, -0.05) is 32.1 Å². The van der Waals surface area contributed by atoms with Gasteiger partial charge in [-0.05, 0) is 25.2 Å². The van der Waals surface area contributed by atoms with Crippen LogP contribution in [0.2, 0.25) is 0 Å². The van der Waals surface area contributed by atoms with E-state index >= 15 is 0 Å². The molecule has 0 unspecified atom stereocenters. The van der Waals surface area contributed by atoms with Crippen molar-refractivity contribution in [2.75, 3.05) is 25.6 Å². The number of hydrogen-bond acceptors (Lipinski definition) is 3. The van der Waals surface area contributed by atoms with E-state index in [9.17, 15) is 9.59 Å². The lowest BCUT2D eigenvalue weighted by Gasteiger charge is -2.32. The normalized spacial score (nSPS) is 20.3. The molecule has 5 nitrogen and oxygen atoms in total. The molecule has 1 aliphatic carbocycles. The van der Waals surface area contributed by atoms with Gasteiger partial charge in [0.25, 0.3) is 0 Å². The number of rotatable bonds is 6. The minimum Gasteiger partial charge on any atom is -0.448 e. The Kier molecular flexibility index (Phi) is 8.00. The molecule has 6 heteroatoms. The van der Waals surface area contributed by atoms with Crippen LogP contribution in [0.4, 0.5) is 4.79 Å². The van der Waals surface area contributed by atoms with Gasteiger partial charge in [0.15, 0.2) is 0 Å². The van der Waals surface area contributed by atoms with Crippen LogP contribution in [-0.2, 0) is 9.53 Å². The second-order valence-corrected chi connectivity index (χ2v) is 7.04. The van der Waals surface area contributed by atoms with Crippen molar-refractivity contribution in [1.29, 1.82) is 0 Å². The number of likely N-dealkylation sites (tertiary alicyclic amines) is 1. The highest BCUT2D eigenvalue weighted by Crippen LogP contribution is 2.27. The van der Waals surface area contributed by atoms with Gasteiger partial charge in [0, 0.05) is 25.6 Å². The number of nitrogens with zero attached hydrogens (tertiary/aromatic N) is 1. The van der Waals surface area contributed by atoms with E-state index in [-0.39, 0.29) is 18.6 Å². The van der Waals surface area contributed by atoms with Crippen molar-refractivity contribution in [1.82, 2.24) is 10.2 Å². The molecule has 1 N–H and O–H groups in total. The largest absolute Gasteiger partial charge is 0.448 e. The third-order valence-corrected chi connectivity index (χ3v) is 5.13. The summed E-state index contributed by atoms with van der Waals surface area (Å²) in [6.07, 6.45) is 9.52. The van der Waals surface area contributed by atoms with E-state index in [1.165, 1.54) is 32.1 Å². The van der Waals surface area contributed by atoms with Crippen molar-refractivity contribution in [2.24, 2.45) is 5.92 Å². The predicted molar refractivity (Wildman–Crippen MR) is 90.6 cm³/mol. The summed E-state index contributed by atoms with van der Waals surface area (Å²) in [6.45, 7) is 1.68. The minimum atomic E-state index is -0.410. The van der Waals surface area contributed by atoms with E-state index in [0.717, 1.165) is 38.3 Å². The molecule has 0 aromatic heterocycles. The Labute approximate surface area is 144 Å². The maximum absolute atomic E-state index is 12.3.